The maximum absolute atomic E-state index is 13.8. The molecule has 1 amide bonds. The van der Waals surface area contributed by atoms with E-state index >= 15 is 0 Å². The van der Waals surface area contributed by atoms with Crippen molar-refractivity contribution in [1.29, 1.82) is 0 Å². The van der Waals surface area contributed by atoms with Crippen molar-refractivity contribution < 1.29 is 9.18 Å². The lowest BCUT2D eigenvalue weighted by atomic mass is 10.1. The number of anilines is 2. The summed E-state index contributed by atoms with van der Waals surface area (Å²) in [6.07, 6.45) is 7.54. The molecule has 0 unspecified atom stereocenters. The summed E-state index contributed by atoms with van der Waals surface area (Å²) in [5.41, 5.74) is 2.65. The number of carbonyl (C=O) groups excluding carboxylic acids is 1. The Bertz CT molecular complexity index is 1510. The fraction of sp³-hybridized carbons (Fsp3) is 0.357. The fourth-order valence-electron chi connectivity index (χ4n) is 5.58. The van der Waals surface area contributed by atoms with Crippen LogP contribution in [0.2, 0.25) is 0 Å². The third-order valence-electron chi connectivity index (χ3n) is 7.62. The Balaban J connectivity index is 1.37. The molecule has 0 atom stereocenters. The number of piperazine rings is 1. The van der Waals surface area contributed by atoms with Crippen LogP contribution in [-0.2, 0) is 4.79 Å². The van der Waals surface area contributed by atoms with Crippen LogP contribution in [0.1, 0.15) is 36.8 Å². The summed E-state index contributed by atoms with van der Waals surface area (Å²) in [5.74, 6) is 0.202. The van der Waals surface area contributed by atoms with Crippen LogP contribution in [0.15, 0.2) is 52.3 Å². The number of carbonyl (C=O) groups is 1. The minimum absolute atomic E-state index is 0.118. The number of hydrogen-bond acceptors (Lipinski definition) is 7. The molecule has 1 saturated carbocycles. The number of nitrogens with zero attached hydrogens (tertiary/aromatic N) is 5. The highest BCUT2D eigenvalue weighted by molar-refractivity contribution is 8.26. The van der Waals surface area contributed by atoms with Gasteiger partial charge < -0.3 is 9.80 Å². The molecule has 2 aromatic heterocycles. The van der Waals surface area contributed by atoms with Crippen molar-refractivity contribution in [1.82, 2.24) is 14.3 Å². The van der Waals surface area contributed by atoms with Crippen molar-refractivity contribution in [3.05, 3.63) is 74.8 Å². The summed E-state index contributed by atoms with van der Waals surface area (Å²) in [5, 5.41) is 0. The molecule has 0 bridgehead atoms. The Morgan fingerprint density at radius 1 is 1.03 bits per heavy atom. The fourth-order valence-corrected chi connectivity index (χ4v) is 6.97. The summed E-state index contributed by atoms with van der Waals surface area (Å²) >= 11 is 6.86. The Hall–Kier alpha value is -3.24. The highest BCUT2D eigenvalue weighted by Crippen LogP contribution is 2.38. The van der Waals surface area contributed by atoms with Gasteiger partial charge in [0.15, 0.2) is 0 Å². The molecule has 1 aliphatic carbocycles. The van der Waals surface area contributed by atoms with Gasteiger partial charge in [-0.2, -0.15) is 0 Å². The van der Waals surface area contributed by atoms with Crippen molar-refractivity contribution in [2.75, 3.05) is 36.0 Å². The summed E-state index contributed by atoms with van der Waals surface area (Å²) in [4.78, 5) is 38.7. The number of aryl methyl sites for hydroxylation is 1. The molecular weight excluding hydrogens is 521 g/mol. The molecule has 6 rings (SSSR count). The maximum Gasteiger partial charge on any atom is 0.267 e. The Kier molecular flexibility index (Phi) is 6.69. The predicted octanol–water partition coefficient (Wildman–Crippen LogP) is 4.61. The minimum Gasteiger partial charge on any atom is -0.368 e. The van der Waals surface area contributed by atoms with Gasteiger partial charge in [0.1, 0.15) is 21.6 Å². The monoisotopic (exact) mass is 549 g/mol. The van der Waals surface area contributed by atoms with Gasteiger partial charge in [-0.15, -0.1) is 0 Å². The van der Waals surface area contributed by atoms with Gasteiger partial charge in [-0.25, -0.2) is 9.37 Å². The number of rotatable bonds is 4. The maximum atomic E-state index is 13.8. The summed E-state index contributed by atoms with van der Waals surface area (Å²) < 4.78 is 15.5. The number of hydrogen-bond donors (Lipinski definition) is 0. The van der Waals surface area contributed by atoms with E-state index in [-0.39, 0.29) is 23.3 Å². The molecule has 2 saturated heterocycles. The smallest absolute Gasteiger partial charge is 0.267 e. The lowest BCUT2D eigenvalue weighted by Crippen LogP contribution is -2.47. The first kappa shape index (κ1) is 25.1. The molecular formula is C28H28FN5O2S2. The summed E-state index contributed by atoms with van der Waals surface area (Å²) in [7, 11) is 0. The molecule has 38 heavy (non-hydrogen) atoms. The number of amides is 1. The van der Waals surface area contributed by atoms with Gasteiger partial charge >= 0.3 is 0 Å². The quantitative estimate of drug-likeness (QED) is 0.348. The van der Waals surface area contributed by atoms with Crippen LogP contribution in [0.3, 0.4) is 0 Å². The normalized spacial score (nSPS) is 19.9. The van der Waals surface area contributed by atoms with E-state index in [4.69, 9.17) is 17.2 Å². The van der Waals surface area contributed by atoms with Gasteiger partial charge in [0, 0.05) is 44.1 Å². The Morgan fingerprint density at radius 2 is 1.71 bits per heavy atom. The molecule has 2 aliphatic heterocycles. The molecule has 3 fully saturated rings. The topological polar surface area (TPSA) is 61.2 Å². The van der Waals surface area contributed by atoms with Gasteiger partial charge in [-0.1, -0.05) is 42.9 Å². The Morgan fingerprint density at radius 3 is 2.42 bits per heavy atom. The van der Waals surface area contributed by atoms with Crippen LogP contribution >= 0.6 is 24.0 Å². The van der Waals surface area contributed by atoms with Crippen LogP contribution in [0.5, 0.6) is 0 Å². The van der Waals surface area contributed by atoms with E-state index in [1.54, 1.807) is 33.7 Å². The van der Waals surface area contributed by atoms with E-state index in [0.717, 1.165) is 36.9 Å². The van der Waals surface area contributed by atoms with E-state index < -0.39 is 0 Å². The third kappa shape index (κ3) is 4.49. The number of aromatic nitrogens is 2. The highest BCUT2D eigenvalue weighted by Gasteiger charge is 2.38. The standard InChI is InChI=1S/C28H28FN5O2S2/c1-18-5-4-12-33-24(18)30-25(32-15-13-31(14-16-32)20-10-8-19(29)9-11-20)22(26(33)35)17-23-27(36)34(28(37)38-23)21-6-2-3-7-21/h4-5,8-12,17,21H,2-3,6-7,13-16H2,1H3/b23-17+. The molecule has 196 valence electrons. The van der Waals surface area contributed by atoms with Crippen molar-refractivity contribution in [2.45, 2.75) is 38.6 Å². The SMILES string of the molecule is Cc1cccn2c(=O)c(/C=C3/SC(=S)N(C4CCCC4)C3=O)c(N3CCN(c4ccc(F)cc4)CC3)nc12. The number of thioether (sulfide) groups is 1. The second-order valence-electron chi connectivity index (χ2n) is 9.98. The van der Waals surface area contributed by atoms with E-state index in [2.05, 4.69) is 9.80 Å². The van der Waals surface area contributed by atoms with Crippen LogP contribution in [0.25, 0.3) is 11.7 Å². The first-order valence-electron chi connectivity index (χ1n) is 13.0. The lowest BCUT2D eigenvalue weighted by Gasteiger charge is -2.37. The van der Waals surface area contributed by atoms with Gasteiger partial charge in [0.25, 0.3) is 11.5 Å². The van der Waals surface area contributed by atoms with Gasteiger partial charge in [0.2, 0.25) is 0 Å². The molecule has 0 spiro atoms. The number of benzene rings is 1. The van der Waals surface area contributed by atoms with Crippen molar-refractivity contribution in [2.24, 2.45) is 0 Å². The van der Waals surface area contributed by atoms with E-state index in [9.17, 15) is 14.0 Å². The Labute approximate surface area is 229 Å². The van der Waals surface area contributed by atoms with Crippen molar-refractivity contribution in [3.8, 4) is 0 Å². The molecule has 10 heteroatoms. The summed E-state index contributed by atoms with van der Waals surface area (Å²) in [6, 6.07) is 10.4. The second kappa shape index (κ2) is 10.1. The van der Waals surface area contributed by atoms with Crippen LogP contribution in [0.4, 0.5) is 15.9 Å². The summed E-state index contributed by atoms with van der Waals surface area (Å²) in [6.45, 7) is 4.60. The zero-order chi connectivity index (χ0) is 26.4. The average molecular weight is 550 g/mol. The molecule has 3 aromatic rings. The zero-order valence-corrected chi connectivity index (χ0v) is 22.7. The number of fused-ring (bicyclic) bond motifs is 1. The van der Waals surface area contributed by atoms with Crippen LogP contribution < -0.4 is 15.4 Å². The van der Waals surface area contributed by atoms with Gasteiger partial charge in [-0.3, -0.25) is 18.9 Å². The van der Waals surface area contributed by atoms with E-state index in [1.165, 1.54) is 23.9 Å². The van der Waals surface area contributed by atoms with Crippen LogP contribution in [0, 0.1) is 12.7 Å². The number of thiocarbonyl (C=S) groups is 1. The average Bonchev–Trinajstić information content (AvgIpc) is 3.54. The van der Waals surface area contributed by atoms with Gasteiger partial charge in [0.05, 0.1) is 10.5 Å². The third-order valence-corrected chi connectivity index (χ3v) is 8.95. The molecule has 3 aliphatic rings. The molecule has 0 radical (unpaired) electrons. The minimum atomic E-state index is -0.258. The van der Waals surface area contributed by atoms with E-state index in [0.29, 0.717) is 52.4 Å². The van der Waals surface area contributed by atoms with Gasteiger partial charge in [-0.05, 0) is 61.7 Å². The van der Waals surface area contributed by atoms with Crippen molar-refractivity contribution >= 4 is 57.4 Å². The molecule has 7 nitrogen and oxygen atoms in total. The zero-order valence-electron chi connectivity index (χ0n) is 21.1. The van der Waals surface area contributed by atoms with Crippen molar-refractivity contribution in [3.63, 3.8) is 0 Å². The first-order chi connectivity index (χ1) is 18.4. The van der Waals surface area contributed by atoms with E-state index in [1.807, 2.05) is 19.1 Å². The number of halogens is 1. The second-order valence-corrected chi connectivity index (χ2v) is 11.7. The first-order valence-corrected chi connectivity index (χ1v) is 14.2. The molecule has 4 heterocycles. The predicted molar refractivity (Wildman–Crippen MR) is 154 cm³/mol. The molecule has 1 aromatic carbocycles. The van der Waals surface area contributed by atoms with Crippen LogP contribution in [-0.4, -0.2) is 56.7 Å². The molecule has 0 N–H and O–H groups in total. The lowest BCUT2D eigenvalue weighted by molar-refractivity contribution is -0.123. The highest BCUT2D eigenvalue weighted by atomic mass is 32.2. The largest absolute Gasteiger partial charge is 0.368 e. The number of pyridine rings is 1.